The van der Waals surface area contributed by atoms with E-state index in [1.54, 1.807) is 32.9 Å². The lowest BCUT2D eigenvalue weighted by Gasteiger charge is -2.20. The standard InChI is InChI=1S/C18H21ClN2O3S/c1-12-5-8-14(19)11-16(12)20-17(22)13-6-9-15(10-7-13)25(23,24)21-18(2,3)4/h5-11,21H,1-4H3,(H,20,22). The van der Waals surface area contributed by atoms with Gasteiger partial charge in [0.2, 0.25) is 10.0 Å². The van der Waals surface area contributed by atoms with Crippen molar-refractivity contribution in [1.29, 1.82) is 0 Å². The first-order valence-corrected chi connectivity index (χ1v) is 9.56. The van der Waals surface area contributed by atoms with E-state index in [1.807, 2.05) is 13.0 Å². The zero-order valence-electron chi connectivity index (χ0n) is 14.6. The van der Waals surface area contributed by atoms with Gasteiger partial charge in [-0.2, -0.15) is 0 Å². The van der Waals surface area contributed by atoms with Crippen LogP contribution in [-0.2, 0) is 10.0 Å². The zero-order valence-corrected chi connectivity index (χ0v) is 16.1. The normalized spacial score (nSPS) is 12.0. The fourth-order valence-electron chi connectivity index (χ4n) is 2.17. The molecule has 25 heavy (non-hydrogen) atoms. The molecule has 0 saturated carbocycles. The molecule has 0 fully saturated rings. The number of amides is 1. The Morgan fingerprint density at radius 2 is 1.64 bits per heavy atom. The quantitative estimate of drug-likeness (QED) is 0.842. The predicted molar refractivity (Wildman–Crippen MR) is 101 cm³/mol. The Balaban J connectivity index is 2.19. The van der Waals surface area contributed by atoms with Crippen molar-refractivity contribution in [3.8, 4) is 0 Å². The monoisotopic (exact) mass is 380 g/mol. The first-order chi connectivity index (χ1) is 11.5. The number of hydrogen-bond acceptors (Lipinski definition) is 3. The molecular formula is C18H21ClN2O3S. The maximum Gasteiger partial charge on any atom is 0.255 e. The van der Waals surface area contributed by atoms with E-state index < -0.39 is 15.6 Å². The fraction of sp³-hybridized carbons (Fsp3) is 0.278. The van der Waals surface area contributed by atoms with Crippen molar-refractivity contribution in [2.45, 2.75) is 38.1 Å². The molecule has 0 spiro atoms. The zero-order chi connectivity index (χ0) is 18.8. The van der Waals surface area contributed by atoms with Gasteiger partial charge in [-0.15, -0.1) is 0 Å². The Morgan fingerprint density at radius 1 is 1.04 bits per heavy atom. The summed E-state index contributed by atoms with van der Waals surface area (Å²) in [6.07, 6.45) is 0. The molecule has 1 amide bonds. The number of halogens is 1. The summed E-state index contributed by atoms with van der Waals surface area (Å²) in [4.78, 5) is 12.5. The minimum Gasteiger partial charge on any atom is -0.322 e. The molecule has 2 aromatic rings. The molecule has 0 aromatic heterocycles. The second-order valence-electron chi connectivity index (χ2n) is 6.79. The van der Waals surface area contributed by atoms with Gasteiger partial charge in [-0.3, -0.25) is 4.79 Å². The van der Waals surface area contributed by atoms with E-state index in [4.69, 9.17) is 11.6 Å². The van der Waals surface area contributed by atoms with E-state index in [0.29, 0.717) is 16.3 Å². The Morgan fingerprint density at radius 3 is 2.20 bits per heavy atom. The second-order valence-corrected chi connectivity index (χ2v) is 8.91. The van der Waals surface area contributed by atoms with Crippen molar-refractivity contribution < 1.29 is 13.2 Å². The first kappa shape index (κ1) is 19.4. The van der Waals surface area contributed by atoms with Crippen molar-refractivity contribution in [3.63, 3.8) is 0 Å². The first-order valence-electron chi connectivity index (χ1n) is 7.69. The SMILES string of the molecule is Cc1ccc(Cl)cc1NC(=O)c1ccc(S(=O)(=O)NC(C)(C)C)cc1. The largest absolute Gasteiger partial charge is 0.322 e. The Hall–Kier alpha value is -1.89. The molecule has 0 aliphatic carbocycles. The van der Waals surface area contributed by atoms with Crippen molar-refractivity contribution in [3.05, 3.63) is 58.6 Å². The summed E-state index contributed by atoms with van der Waals surface area (Å²) in [6.45, 7) is 7.15. The van der Waals surface area contributed by atoms with Gasteiger partial charge in [-0.1, -0.05) is 17.7 Å². The Kier molecular flexibility index (Phi) is 5.56. The van der Waals surface area contributed by atoms with Crippen molar-refractivity contribution in [2.75, 3.05) is 5.32 Å². The van der Waals surface area contributed by atoms with E-state index >= 15 is 0 Å². The molecule has 0 unspecified atom stereocenters. The molecule has 2 aromatic carbocycles. The average molecular weight is 381 g/mol. The molecule has 5 nitrogen and oxygen atoms in total. The number of anilines is 1. The number of aryl methyl sites for hydroxylation is 1. The van der Waals surface area contributed by atoms with E-state index in [2.05, 4.69) is 10.0 Å². The number of carbonyl (C=O) groups excluding carboxylic acids is 1. The van der Waals surface area contributed by atoms with Crippen LogP contribution in [0.2, 0.25) is 5.02 Å². The van der Waals surface area contributed by atoms with E-state index in [9.17, 15) is 13.2 Å². The summed E-state index contributed by atoms with van der Waals surface area (Å²) in [6, 6.07) is 11.0. The van der Waals surface area contributed by atoms with Crippen LogP contribution >= 0.6 is 11.6 Å². The number of carbonyl (C=O) groups is 1. The van der Waals surface area contributed by atoms with E-state index in [-0.39, 0.29) is 10.8 Å². The summed E-state index contributed by atoms with van der Waals surface area (Å²) in [7, 11) is -3.63. The smallest absolute Gasteiger partial charge is 0.255 e. The third-order valence-electron chi connectivity index (χ3n) is 3.32. The molecule has 134 valence electrons. The summed E-state index contributed by atoms with van der Waals surface area (Å²) in [5, 5.41) is 3.30. The minimum absolute atomic E-state index is 0.109. The van der Waals surface area contributed by atoms with Gasteiger partial charge in [0.1, 0.15) is 0 Å². The molecule has 2 N–H and O–H groups in total. The van der Waals surface area contributed by atoms with Crippen LogP contribution in [0.25, 0.3) is 0 Å². The van der Waals surface area contributed by atoms with Gasteiger partial charge in [0.15, 0.2) is 0 Å². The highest BCUT2D eigenvalue weighted by Gasteiger charge is 2.22. The van der Waals surface area contributed by atoms with Crippen LogP contribution in [0.3, 0.4) is 0 Å². The molecule has 0 heterocycles. The minimum atomic E-state index is -3.63. The highest BCUT2D eigenvalue weighted by atomic mass is 35.5. The Labute approximate surface area is 153 Å². The number of hydrogen-bond donors (Lipinski definition) is 2. The lowest BCUT2D eigenvalue weighted by atomic mass is 10.1. The molecule has 0 radical (unpaired) electrons. The Bertz CT molecular complexity index is 886. The maximum absolute atomic E-state index is 12.3. The van der Waals surface area contributed by atoms with Crippen molar-refractivity contribution in [1.82, 2.24) is 4.72 Å². The predicted octanol–water partition coefficient (Wildman–Crippen LogP) is 3.98. The van der Waals surface area contributed by atoms with Crippen LogP contribution in [-0.4, -0.2) is 19.9 Å². The lowest BCUT2D eigenvalue weighted by molar-refractivity contribution is 0.102. The van der Waals surface area contributed by atoms with Crippen molar-refractivity contribution in [2.24, 2.45) is 0 Å². The summed E-state index contributed by atoms with van der Waals surface area (Å²) in [5.74, 6) is -0.335. The number of nitrogens with one attached hydrogen (secondary N) is 2. The molecule has 7 heteroatoms. The average Bonchev–Trinajstić information content (AvgIpc) is 2.48. The number of benzene rings is 2. The van der Waals surface area contributed by atoms with Gasteiger partial charge in [0.05, 0.1) is 4.90 Å². The van der Waals surface area contributed by atoms with Gasteiger partial charge in [-0.05, 0) is 69.7 Å². The summed E-state index contributed by atoms with van der Waals surface area (Å²) < 4.78 is 27.1. The van der Waals surface area contributed by atoms with E-state index in [0.717, 1.165) is 5.56 Å². The molecule has 0 saturated heterocycles. The van der Waals surface area contributed by atoms with Crippen LogP contribution in [0.15, 0.2) is 47.4 Å². The van der Waals surface area contributed by atoms with Crippen LogP contribution in [0.4, 0.5) is 5.69 Å². The highest BCUT2D eigenvalue weighted by molar-refractivity contribution is 7.89. The molecule has 0 aliphatic rings. The van der Waals surface area contributed by atoms with Crippen LogP contribution < -0.4 is 10.0 Å². The maximum atomic E-state index is 12.3. The number of rotatable bonds is 4. The molecule has 0 bridgehead atoms. The van der Waals surface area contributed by atoms with Gasteiger partial charge in [-0.25, -0.2) is 13.1 Å². The fourth-order valence-corrected chi connectivity index (χ4v) is 3.76. The van der Waals surface area contributed by atoms with Gasteiger partial charge in [0, 0.05) is 21.8 Å². The van der Waals surface area contributed by atoms with Crippen LogP contribution in [0.5, 0.6) is 0 Å². The third kappa shape index (κ3) is 5.29. The number of sulfonamides is 1. The molecule has 0 atom stereocenters. The summed E-state index contributed by atoms with van der Waals surface area (Å²) in [5.41, 5.74) is 1.27. The topological polar surface area (TPSA) is 75.3 Å². The lowest BCUT2D eigenvalue weighted by Crippen LogP contribution is -2.40. The van der Waals surface area contributed by atoms with Gasteiger partial charge >= 0.3 is 0 Å². The summed E-state index contributed by atoms with van der Waals surface area (Å²) >= 11 is 5.95. The second kappa shape index (κ2) is 7.15. The van der Waals surface area contributed by atoms with Crippen LogP contribution in [0, 0.1) is 6.92 Å². The molecule has 2 rings (SSSR count). The van der Waals surface area contributed by atoms with Gasteiger partial charge < -0.3 is 5.32 Å². The third-order valence-corrected chi connectivity index (χ3v) is 5.32. The van der Waals surface area contributed by atoms with Gasteiger partial charge in [0.25, 0.3) is 5.91 Å². The van der Waals surface area contributed by atoms with Crippen molar-refractivity contribution >= 4 is 33.2 Å². The highest BCUT2D eigenvalue weighted by Crippen LogP contribution is 2.21. The molecular weight excluding hydrogens is 360 g/mol. The van der Waals surface area contributed by atoms with E-state index in [1.165, 1.54) is 24.3 Å². The molecule has 0 aliphatic heterocycles. The van der Waals surface area contributed by atoms with Crippen LogP contribution in [0.1, 0.15) is 36.7 Å².